The van der Waals surface area contributed by atoms with Gasteiger partial charge in [0, 0.05) is 6.54 Å². The van der Waals surface area contributed by atoms with Gasteiger partial charge in [0.05, 0.1) is 10.7 Å². The van der Waals surface area contributed by atoms with Crippen molar-refractivity contribution in [2.45, 2.75) is 13.5 Å². The Balaban J connectivity index is 1.85. The highest BCUT2D eigenvalue weighted by molar-refractivity contribution is 14.1. The van der Waals surface area contributed by atoms with Gasteiger partial charge in [-0.05, 0) is 71.0 Å². The van der Waals surface area contributed by atoms with E-state index < -0.39 is 6.03 Å². The number of methoxy groups -OCH3 is 1. The molecule has 0 bridgehead atoms. The van der Waals surface area contributed by atoms with E-state index in [1.165, 1.54) is 19.2 Å². The molecule has 0 atom stereocenters. The third-order valence-electron chi connectivity index (χ3n) is 4.11. The number of ether oxygens (including phenoxy) is 2. The zero-order valence-corrected chi connectivity index (χ0v) is 17.4. The third-order valence-corrected chi connectivity index (χ3v) is 4.91. The van der Waals surface area contributed by atoms with Crippen LogP contribution in [0.1, 0.15) is 18.1 Å². The van der Waals surface area contributed by atoms with Crippen molar-refractivity contribution in [2.24, 2.45) is 0 Å². The van der Waals surface area contributed by atoms with Crippen LogP contribution in [0.3, 0.4) is 0 Å². The monoisotopic (exact) mass is 496 g/mol. The fourth-order valence-corrected chi connectivity index (χ4v) is 3.55. The molecule has 2 aromatic carbocycles. The summed E-state index contributed by atoms with van der Waals surface area (Å²) < 4.78 is 25.3. The Morgan fingerprint density at radius 1 is 1.25 bits per heavy atom. The number of amides is 3. The SMILES string of the molecule is CCN1C(=O)N/C(=C/c2cc(I)c(OCc3cccc(F)c3)c(OC)c2)C1=O. The first-order valence-electron chi connectivity index (χ1n) is 8.52. The van der Waals surface area contributed by atoms with Crippen molar-refractivity contribution < 1.29 is 23.5 Å². The van der Waals surface area contributed by atoms with Crippen molar-refractivity contribution in [2.75, 3.05) is 13.7 Å². The van der Waals surface area contributed by atoms with Crippen molar-refractivity contribution in [3.63, 3.8) is 0 Å². The number of hydrogen-bond donors (Lipinski definition) is 1. The molecule has 28 heavy (non-hydrogen) atoms. The maximum atomic E-state index is 13.3. The number of hydrogen-bond acceptors (Lipinski definition) is 4. The lowest BCUT2D eigenvalue weighted by molar-refractivity contribution is -0.122. The molecule has 3 amide bonds. The van der Waals surface area contributed by atoms with E-state index in [-0.39, 0.29) is 24.0 Å². The average Bonchev–Trinajstić information content (AvgIpc) is 2.93. The van der Waals surface area contributed by atoms with Gasteiger partial charge in [0.25, 0.3) is 5.91 Å². The molecule has 0 saturated carbocycles. The summed E-state index contributed by atoms with van der Waals surface area (Å²) in [7, 11) is 1.51. The fourth-order valence-electron chi connectivity index (χ4n) is 2.77. The Labute approximate surface area is 175 Å². The standard InChI is InChI=1S/C20H18FIN2O4/c1-3-24-19(25)16(23-20(24)26)9-13-8-15(22)18(17(10-13)27-2)28-11-12-5-4-6-14(21)7-12/h4-10H,3,11H2,1-2H3,(H,23,26)/b16-9+. The van der Waals surface area contributed by atoms with Crippen LogP contribution in [0.2, 0.25) is 0 Å². The van der Waals surface area contributed by atoms with E-state index in [4.69, 9.17) is 9.47 Å². The molecule has 6 nitrogen and oxygen atoms in total. The van der Waals surface area contributed by atoms with Crippen LogP contribution in [0, 0.1) is 9.39 Å². The average molecular weight is 496 g/mol. The van der Waals surface area contributed by atoms with Crippen LogP contribution < -0.4 is 14.8 Å². The van der Waals surface area contributed by atoms with Crippen molar-refractivity contribution >= 4 is 40.6 Å². The minimum Gasteiger partial charge on any atom is -0.493 e. The van der Waals surface area contributed by atoms with E-state index in [0.29, 0.717) is 29.2 Å². The number of nitrogens with one attached hydrogen (secondary N) is 1. The fraction of sp³-hybridized carbons (Fsp3) is 0.200. The zero-order valence-electron chi connectivity index (χ0n) is 15.3. The van der Waals surface area contributed by atoms with Crippen molar-refractivity contribution in [3.8, 4) is 11.5 Å². The summed E-state index contributed by atoms with van der Waals surface area (Å²) in [6.07, 6.45) is 1.59. The van der Waals surface area contributed by atoms with Gasteiger partial charge >= 0.3 is 6.03 Å². The molecule has 8 heteroatoms. The van der Waals surface area contributed by atoms with Gasteiger partial charge in [-0.1, -0.05) is 12.1 Å². The molecule has 0 unspecified atom stereocenters. The molecule has 3 rings (SSSR count). The summed E-state index contributed by atoms with van der Waals surface area (Å²) in [5, 5.41) is 2.57. The van der Waals surface area contributed by atoms with Gasteiger partial charge in [0.1, 0.15) is 18.1 Å². The van der Waals surface area contributed by atoms with Crippen molar-refractivity contribution in [3.05, 3.63) is 62.6 Å². The summed E-state index contributed by atoms with van der Waals surface area (Å²) in [4.78, 5) is 25.1. The Morgan fingerprint density at radius 3 is 2.68 bits per heavy atom. The van der Waals surface area contributed by atoms with Gasteiger partial charge in [0.15, 0.2) is 11.5 Å². The Hall–Kier alpha value is -2.62. The molecular weight excluding hydrogens is 478 g/mol. The molecule has 2 aromatic rings. The van der Waals surface area contributed by atoms with E-state index >= 15 is 0 Å². The molecular formula is C20H18FIN2O4. The van der Waals surface area contributed by atoms with Crippen LogP contribution in [0.5, 0.6) is 11.5 Å². The van der Waals surface area contributed by atoms with Gasteiger partial charge in [-0.2, -0.15) is 0 Å². The number of carbonyl (C=O) groups is 2. The molecule has 0 aromatic heterocycles. The second-order valence-corrected chi connectivity index (χ2v) is 7.15. The van der Waals surface area contributed by atoms with Crippen LogP contribution in [-0.2, 0) is 11.4 Å². The lowest BCUT2D eigenvalue weighted by Crippen LogP contribution is -2.30. The number of likely N-dealkylation sites (N-methyl/N-ethyl adjacent to an activating group) is 1. The summed E-state index contributed by atoms with van der Waals surface area (Å²) >= 11 is 2.10. The van der Waals surface area contributed by atoms with E-state index in [0.717, 1.165) is 8.47 Å². The third kappa shape index (κ3) is 4.27. The van der Waals surface area contributed by atoms with Gasteiger partial charge in [-0.25, -0.2) is 9.18 Å². The van der Waals surface area contributed by atoms with Crippen LogP contribution in [0.15, 0.2) is 42.1 Å². The Bertz CT molecular complexity index is 961. The van der Waals surface area contributed by atoms with E-state index in [9.17, 15) is 14.0 Å². The maximum Gasteiger partial charge on any atom is 0.328 e. The number of rotatable bonds is 6. The van der Waals surface area contributed by atoms with Gasteiger partial charge in [0.2, 0.25) is 0 Å². The van der Waals surface area contributed by atoms with E-state index in [2.05, 4.69) is 27.9 Å². The molecule has 1 fully saturated rings. The molecule has 1 saturated heterocycles. The predicted molar refractivity (Wildman–Crippen MR) is 110 cm³/mol. The van der Waals surface area contributed by atoms with E-state index in [1.54, 1.807) is 31.2 Å². The molecule has 1 aliphatic rings. The smallest absolute Gasteiger partial charge is 0.328 e. The molecule has 146 valence electrons. The maximum absolute atomic E-state index is 13.3. The van der Waals surface area contributed by atoms with Crippen molar-refractivity contribution in [1.82, 2.24) is 10.2 Å². The quantitative estimate of drug-likeness (QED) is 0.374. The molecule has 1 heterocycles. The highest BCUT2D eigenvalue weighted by atomic mass is 127. The molecule has 1 aliphatic heterocycles. The van der Waals surface area contributed by atoms with Crippen LogP contribution in [0.4, 0.5) is 9.18 Å². The largest absolute Gasteiger partial charge is 0.493 e. The number of urea groups is 1. The second-order valence-electron chi connectivity index (χ2n) is 5.99. The second kappa shape index (κ2) is 8.59. The first-order chi connectivity index (χ1) is 13.4. The number of imide groups is 1. The summed E-state index contributed by atoms with van der Waals surface area (Å²) in [5.74, 6) is 0.299. The normalized spacial score (nSPS) is 15.1. The predicted octanol–water partition coefficient (Wildman–Crippen LogP) is 3.93. The number of nitrogens with zero attached hydrogens (tertiary/aromatic N) is 1. The van der Waals surface area contributed by atoms with Crippen molar-refractivity contribution in [1.29, 1.82) is 0 Å². The first kappa shape index (κ1) is 20.1. The Kier molecular flexibility index (Phi) is 6.18. The van der Waals surface area contributed by atoms with Crippen LogP contribution >= 0.6 is 22.6 Å². The minimum atomic E-state index is -0.435. The van der Waals surface area contributed by atoms with E-state index in [1.807, 2.05) is 6.07 Å². The van der Waals surface area contributed by atoms with Gasteiger partial charge in [-0.15, -0.1) is 0 Å². The Morgan fingerprint density at radius 2 is 2.04 bits per heavy atom. The minimum absolute atomic E-state index is 0.185. The lowest BCUT2D eigenvalue weighted by atomic mass is 10.1. The molecule has 0 radical (unpaired) electrons. The highest BCUT2D eigenvalue weighted by Crippen LogP contribution is 2.35. The lowest BCUT2D eigenvalue weighted by Gasteiger charge is -2.14. The topological polar surface area (TPSA) is 67.9 Å². The number of benzene rings is 2. The zero-order chi connectivity index (χ0) is 20.3. The number of carbonyl (C=O) groups excluding carboxylic acids is 2. The van der Waals surface area contributed by atoms with Gasteiger partial charge in [-0.3, -0.25) is 9.69 Å². The van der Waals surface area contributed by atoms with Crippen LogP contribution in [-0.4, -0.2) is 30.5 Å². The highest BCUT2D eigenvalue weighted by Gasteiger charge is 2.32. The summed E-state index contributed by atoms with van der Waals surface area (Å²) in [5.41, 5.74) is 1.59. The molecule has 1 N–H and O–H groups in total. The van der Waals surface area contributed by atoms with Crippen LogP contribution in [0.25, 0.3) is 6.08 Å². The molecule has 0 spiro atoms. The summed E-state index contributed by atoms with van der Waals surface area (Å²) in [6, 6.07) is 9.27. The van der Waals surface area contributed by atoms with Gasteiger partial charge < -0.3 is 14.8 Å². The first-order valence-corrected chi connectivity index (χ1v) is 9.60. The number of halogens is 2. The molecule has 0 aliphatic carbocycles. The summed E-state index contributed by atoms with van der Waals surface area (Å²) in [6.45, 7) is 2.22.